The predicted octanol–water partition coefficient (Wildman–Crippen LogP) is 3.67. The van der Waals surface area contributed by atoms with Crippen molar-refractivity contribution in [2.75, 3.05) is 19.6 Å². The highest BCUT2D eigenvalue weighted by Crippen LogP contribution is 2.32. The molecule has 2 atom stereocenters. The number of nitrogens with one attached hydrogen (secondary N) is 1. The molecule has 116 valence electrons. The zero-order valence-corrected chi connectivity index (χ0v) is 13.6. The van der Waals surface area contributed by atoms with Crippen LogP contribution in [-0.2, 0) is 0 Å². The lowest BCUT2D eigenvalue weighted by molar-refractivity contribution is 0.0464. The molecule has 2 nitrogen and oxygen atoms in total. The van der Waals surface area contributed by atoms with E-state index in [1.807, 2.05) is 0 Å². The van der Waals surface area contributed by atoms with E-state index < -0.39 is 0 Å². The van der Waals surface area contributed by atoms with Crippen molar-refractivity contribution in [1.29, 1.82) is 0 Å². The minimum absolute atomic E-state index is 0.774. The standard InChI is InChI=1S/C18H34N2/c1-14(2)18-11-19-17(16-9-4-3-5-10-16)13-20(18)12-15-7-6-8-15/h14-19H,3-13H2,1-2H3. The maximum Gasteiger partial charge on any atom is 0.0244 e. The summed E-state index contributed by atoms with van der Waals surface area (Å²) in [6, 6.07) is 1.56. The Labute approximate surface area is 125 Å². The summed E-state index contributed by atoms with van der Waals surface area (Å²) in [5, 5.41) is 3.92. The lowest BCUT2D eigenvalue weighted by atomic mass is 9.80. The number of hydrogen-bond donors (Lipinski definition) is 1. The van der Waals surface area contributed by atoms with E-state index in [0.717, 1.165) is 29.8 Å². The quantitative estimate of drug-likeness (QED) is 0.844. The van der Waals surface area contributed by atoms with Gasteiger partial charge in [0.05, 0.1) is 0 Å². The molecular weight excluding hydrogens is 244 g/mol. The summed E-state index contributed by atoms with van der Waals surface area (Å²) in [6.45, 7) is 8.74. The van der Waals surface area contributed by atoms with Crippen molar-refractivity contribution >= 4 is 0 Å². The molecule has 2 heteroatoms. The minimum atomic E-state index is 0.774. The van der Waals surface area contributed by atoms with Gasteiger partial charge in [-0.05, 0) is 43.4 Å². The third-order valence-corrected chi connectivity index (χ3v) is 6.20. The second kappa shape index (κ2) is 6.79. The van der Waals surface area contributed by atoms with Crippen molar-refractivity contribution in [1.82, 2.24) is 10.2 Å². The molecule has 20 heavy (non-hydrogen) atoms. The van der Waals surface area contributed by atoms with Gasteiger partial charge in [0.1, 0.15) is 0 Å². The molecule has 2 saturated carbocycles. The van der Waals surface area contributed by atoms with E-state index in [0.29, 0.717) is 0 Å². The highest BCUT2D eigenvalue weighted by molar-refractivity contribution is 4.93. The number of nitrogens with zero attached hydrogens (tertiary/aromatic N) is 1. The topological polar surface area (TPSA) is 15.3 Å². The second-order valence-corrected chi connectivity index (χ2v) is 7.98. The first kappa shape index (κ1) is 14.8. The Morgan fingerprint density at radius 1 is 1.00 bits per heavy atom. The van der Waals surface area contributed by atoms with Gasteiger partial charge in [-0.3, -0.25) is 4.90 Å². The summed E-state index contributed by atoms with van der Waals surface area (Å²) in [5.41, 5.74) is 0. The van der Waals surface area contributed by atoms with Gasteiger partial charge >= 0.3 is 0 Å². The monoisotopic (exact) mass is 278 g/mol. The lowest BCUT2D eigenvalue weighted by Gasteiger charge is -2.47. The van der Waals surface area contributed by atoms with Crippen LogP contribution < -0.4 is 5.32 Å². The van der Waals surface area contributed by atoms with Crippen LogP contribution in [0, 0.1) is 17.8 Å². The van der Waals surface area contributed by atoms with Gasteiger partial charge in [-0.25, -0.2) is 0 Å². The van der Waals surface area contributed by atoms with Gasteiger partial charge < -0.3 is 5.32 Å². The molecule has 2 aliphatic carbocycles. The van der Waals surface area contributed by atoms with Crippen LogP contribution in [0.2, 0.25) is 0 Å². The first-order chi connectivity index (χ1) is 9.74. The Balaban J connectivity index is 1.59. The molecule has 1 aliphatic heterocycles. The van der Waals surface area contributed by atoms with Crippen LogP contribution in [0.25, 0.3) is 0 Å². The molecule has 0 amide bonds. The van der Waals surface area contributed by atoms with E-state index >= 15 is 0 Å². The molecule has 1 saturated heterocycles. The van der Waals surface area contributed by atoms with E-state index in [2.05, 4.69) is 24.1 Å². The average Bonchev–Trinajstić information content (AvgIpc) is 2.43. The molecule has 0 aromatic rings. The fourth-order valence-corrected chi connectivity index (χ4v) is 4.58. The van der Waals surface area contributed by atoms with Gasteiger partial charge in [0.25, 0.3) is 0 Å². The number of piperazine rings is 1. The number of rotatable bonds is 4. The number of hydrogen-bond acceptors (Lipinski definition) is 2. The van der Waals surface area contributed by atoms with Crippen LogP contribution in [-0.4, -0.2) is 36.6 Å². The van der Waals surface area contributed by atoms with Gasteiger partial charge in [-0.15, -0.1) is 0 Å². The summed E-state index contributed by atoms with van der Waals surface area (Å²) in [5.74, 6) is 2.76. The molecule has 0 aromatic heterocycles. The predicted molar refractivity (Wildman–Crippen MR) is 85.9 cm³/mol. The van der Waals surface area contributed by atoms with Gasteiger partial charge in [-0.1, -0.05) is 39.5 Å². The van der Waals surface area contributed by atoms with E-state index in [4.69, 9.17) is 0 Å². The molecule has 1 heterocycles. The minimum Gasteiger partial charge on any atom is -0.311 e. The normalized spacial score (nSPS) is 34.4. The lowest BCUT2D eigenvalue weighted by Crippen LogP contribution is -2.61. The first-order valence-corrected chi connectivity index (χ1v) is 9.21. The van der Waals surface area contributed by atoms with Gasteiger partial charge in [0.2, 0.25) is 0 Å². The van der Waals surface area contributed by atoms with E-state index in [1.54, 1.807) is 0 Å². The molecule has 2 unspecified atom stereocenters. The van der Waals surface area contributed by atoms with Crippen LogP contribution in [0.15, 0.2) is 0 Å². The van der Waals surface area contributed by atoms with E-state index in [1.165, 1.54) is 71.0 Å². The summed E-state index contributed by atoms with van der Waals surface area (Å²) in [7, 11) is 0. The summed E-state index contributed by atoms with van der Waals surface area (Å²) < 4.78 is 0. The van der Waals surface area contributed by atoms with Crippen LogP contribution in [0.5, 0.6) is 0 Å². The molecule has 0 radical (unpaired) electrons. The largest absolute Gasteiger partial charge is 0.311 e. The van der Waals surface area contributed by atoms with Crippen molar-refractivity contribution in [2.45, 2.75) is 77.3 Å². The zero-order chi connectivity index (χ0) is 13.9. The summed E-state index contributed by atoms with van der Waals surface area (Å²) in [4.78, 5) is 2.87. The molecule has 1 N–H and O–H groups in total. The fourth-order valence-electron chi connectivity index (χ4n) is 4.58. The van der Waals surface area contributed by atoms with Crippen molar-refractivity contribution in [3.05, 3.63) is 0 Å². The smallest absolute Gasteiger partial charge is 0.0244 e. The van der Waals surface area contributed by atoms with Gasteiger partial charge in [0, 0.05) is 31.7 Å². The Hall–Kier alpha value is -0.0800. The van der Waals surface area contributed by atoms with E-state index in [-0.39, 0.29) is 0 Å². The molecule has 3 aliphatic rings. The molecule has 0 bridgehead atoms. The Morgan fingerprint density at radius 2 is 1.75 bits per heavy atom. The average molecular weight is 278 g/mol. The Kier molecular flexibility index (Phi) is 5.04. The van der Waals surface area contributed by atoms with Crippen molar-refractivity contribution < 1.29 is 0 Å². The van der Waals surface area contributed by atoms with Crippen molar-refractivity contribution in [3.63, 3.8) is 0 Å². The van der Waals surface area contributed by atoms with Crippen LogP contribution in [0.3, 0.4) is 0 Å². The molecule has 0 spiro atoms. The summed E-state index contributed by atoms with van der Waals surface area (Å²) >= 11 is 0. The third kappa shape index (κ3) is 3.39. The van der Waals surface area contributed by atoms with E-state index in [9.17, 15) is 0 Å². The fraction of sp³-hybridized carbons (Fsp3) is 1.00. The highest BCUT2D eigenvalue weighted by atomic mass is 15.2. The molecule has 3 fully saturated rings. The maximum atomic E-state index is 3.92. The van der Waals surface area contributed by atoms with Crippen molar-refractivity contribution in [2.24, 2.45) is 17.8 Å². The Bertz CT molecular complexity index is 292. The summed E-state index contributed by atoms with van der Waals surface area (Å²) in [6.07, 6.45) is 11.8. The SMILES string of the molecule is CC(C)C1CNC(C2CCCCC2)CN1CC1CCC1. The second-order valence-electron chi connectivity index (χ2n) is 7.98. The Morgan fingerprint density at radius 3 is 2.35 bits per heavy atom. The highest BCUT2D eigenvalue weighted by Gasteiger charge is 2.35. The first-order valence-electron chi connectivity index (χ1n) is 9.21. The van der Waals surface area contributed by atoms with Crippen LogP contribution in [0.1, 0.15) is 65.2 Å². The van der Waals surface area contributed by atoms with Crippen LogP contribution in [0.4, 0.5) is 0 Å². The van der Waals surface area contributed by atoms with Gasteiger partial charge in [-0.2, -0.15) is 0 Å². The third-order valence-electron chi connectivity index (χ3n) is 6.20. The zero-order valence-electron chi connectivity index (χ0n) is 13.6. The molecule has 0 aromatic carbocycles. The molecular formula is C18H34N2. The maximum absolute atomic E-state index is 3.92. The van der Waals surface area contributed by atoms with Crippen molar-refractivity contribution in [3.8, 4) is 0 Å². The van der Waals surface area contributed by atoms with Crippen LogP contribution >= 0.6 is 0 Å². The molecule has 3 rings (SSSR count). The van der Waals surface area contributed by atoms with Gasteiger partial charge in [0.15, 0.2) is 0 Å².